The summed E-state index contributed by atoms with van der Waals surface area (Å²) in [6, 6.07) is 0. The first-order valence-electron chi connectivity index (χ1n) is 10.4. The highest BCUT2D eigenvalue weighted by Crippen LogP contribution is 2.66. The van der Waals surface area contributed by atoms with Crippen molar-refractivity contribution in [3.63, 3.8) is 0 Å². The lowest BCUT2D eigenvalue weighted by atomic mass is 9.49. The highest BCUT2D eigenvalue weighted by Gasteiger charge is 2.91. The van der Waals surface area contributed by atoms with E-state index in [2.05, 4.69) is 0 Å². The second kappa shape index (κ2) is 10.3. The maximum atomic E-state index is 13.9. The van der Waals surface area contributed by atoms with Gasteiger partial charge in [0.2, 0.25) is 0 Å². The standard InChI is InChI=1S/C21H26N2O14/c1-31-12(24)19(13(25)32-2)10-8-9-11-20(19,14(26)33-3)21(15(27)34-4,16(28)35-5)23(18(30)37-7)22(11)17(29)36-6/h9H,8,10H2,1-7H3. The largest absolute Gasteiger partial charge is 0.468 e. The molecule has 1 aliphatic heterocycles. The molecule has 0 spiro atoms. The van der Waals surface area contributed by atoms with Gasteiger partial charge in [-0.25, -0.2) is 19.2 Å². The Hall–Kier alpha value is -4.37. The summed E-state index contributed by atoms with van der Waals surface area (Å²) in [6.45, 7) is 0. The van der Waals surface area contributed by atoms with Crippen molar-refractivity contribution in [3.05, 3.63) is 11.8 Å². The number of allylic oxidation sites excluding steroid dienone is 1. The highest BCUT2D eigenvalue weighted by atomic mass is 16.6. The van der Waals surface area contributed by atoms with Crippen molar-refractivity contribution in [1.82, 2.24) is 10.0 Å². The predicted octanol–water partition coefficient (Wildman–Crippen LogP) is -0.694. The molecular weight excluding hydrogens is 504 g/mol. The molecule has 16 heteroatoms. The Kier molecular flexibility index (Phi) is 8.05. The van der Waals surface area contributed by atoms with Crippen LogP contribution < -0.4 is 0 Å². The van der Waals surface area contributed by atoms with E-state index in [9.17, 15) is 33.6 Å². The number of ether oxygens (including phenoxy) is 7. The molecule has 0 bridgehead atoms. The number of hydrogen-bond donors (Lipinski definition) is 0. The van der Waals surface area contributed by atoms with Crippen LogP contribution in [-0.4, -0.2) is 107 Å². The van der Waals surface area contributed by atoms with Crippen LogP contribution in [0.5, 0.6) is 0 Å². The quantitative estimate of drug-likeness (QED) is 0.246. The van der Waals surface area contributed by atoms with E-state index in [1.165, 1.54) is 0 Å². The third-order valence-corrected chi connectivity index (χ3v) is 6.39. The van der Waals surface area contributed by atoms with Gasteiger partial charge in [-0.3, -0.25) is 14.4 Å². The fourth-order valence-electron chi connectivity index (χ4n) is 5.09. The molecule has 2 aliphatic rings. The Morgan fingerprint density at radius 2 is 1.05 bits per heavy atom. The van der Waals surface area contributed by atoms with E-state index in [-0.39, 0.29) is 16.4 Å². The second-order valence-corrected chi connectivity index (χ2v) is 7.52. The molecule has 0 aromatic rings. The molecule has 16 nitrogen and oxygen atoms in total. The molecule has 0 aromatic heterocycles. The minimum absolute atomic E-state index is 0.0746. The van der Waals surface area contributed by atoms with Crippen molar-refractivity contribution < 1.29 is 66.7 Å². The summed E-state index contributed by atoms with van der Waals surface area (Å²) in [5, 5.41) is 0.363. The van der Waals surface area contributed by atoms with E-state index in [1.807, 2.05) is 0 Å². The van der Waals surface area contributed by atoms with Gasteiger partial charge in [-0.05, 0) is 12.8 Å². The van der Waals surface area contributed by atoms with Crippen LogP contribution in [0, 0.1) is 10.8 Å². The molecule has 2 amide bonds. The summed E-state index contributed by atoms with van der Waals surface area (Å²) in [7, 11) is 5.79. The Bertz CT molecular complexity index is 1030. The molecule has 0 saturated carbocycles. The van der Waals surface area contributed by atoms with Crippen LogP contribution in [0.1, 0.15) is 12.8 Å². The lowest BCUT2D eigenvalue weighted by Gasteiger charge is -2.49. The van der Waals surface area contributed by atoms with Gasteiger partial charge in [0.15, 0.2) is 10.8 Å². The number of esters is 5. The average Bonchev–Trinajstić information content (AvgIpc) is 3.22. The first-order valence-corrected chi connectivity index (χ1v) is 10.4. The summed E-state index contributed by atoms with van der Waals surface area (Å²) in [5.41, 5.74) is -10.3. The number of rotatable bonds is 5. The van der Waals surface area contributed by atoms with Crippen LogP contribution in [0.25, 0.3) is 0 Å². The van der Waals surface area contributed by atoms with Crippen LogP contribution in [-0.2, 0) is 57.1 Å². The van der Waals surface area contributed by atoms with Gasteiger partial charge in [-0.15, -0.1) is 0 Å². The van der Waals surface area contributed by atoms with Gasteiger partial charge in [0.1, 0.15) is 0 Å². The van der Waals surface area contributed by atoms with Crippen molar-refractivity contribution >= 4 is 42.0 Å². The number of carbonyl (C=O) groups excluding carboxylic acids is 7. The topological polar surface area (TPSA) is 191 Å². The van der Waals surface area contributed by atoms with Crippen molar-refractivity contribution in [2.75, 3.05) is 49.8 Å². The van der Waals surface area contributed by atoms with Gasteiger partial charge in [-0.2, -0.15) is 10.0 Å². The molecule has 1 heterocycles. The molecule has 1 fully saturated rings. The molecular formula is C21H26N2O14. The van der Waals surface area contributed by atoms with Gasteiger partial charge >= 0.3 is 42.0 Å². The Morgan fingerprint density at radius 3 is 1.43 bits per heavy atom. The summed E-state index contributed by atoms with van der Waals surface area (Å²) in [6.07, 6.45) is -2.76. The third-order valence-electron chi connectivity index (χ3n) is 6.39. The fraction of sp³-hybridized carbons (Fsp3) is 0.571. The third kappa shape index (κ3) is 3.24. The van der Waals surface area contributed by atoms with Gasteiger partial charge in [0.05, 0.1) is 55.5 Å². The molecule has 1 saturated heterocycles. The van der Waals surface area contributed by atoms with Crippen molar-refractivity contribution in [3.8, 4) is 0 Å². The van der Waals surface area contributed by atoms with Crippen LogP contribution >= 0.6 is 0 Å². The zero-order chi connectivity index (χ0) is 28.3. The fourth-order valence-corrected chi connectivity index (χ4v) is 5.09. The highest BCUT2D eigenvalue weighted by molar-refractivity contribution is 6.20. The smallest absolute Gasteiger partial charge is 0.433 e. The summed E-state index contributed by atoms with van der Waals surface area (Å²) in [4.78, 5) is 94.7. The minimum Gasteiger partial charge on any atom is -0.468 e. The molecule has 2 rings (SSSR count). The number of amides is 2. The maximum Gasteiger partial charge on any atom is 0.433 e. The SMILES string of the molecule is COC(=O)N1C2=CCCC(C(=O)OC)(C(=O)OC)C2(C(=O)OC)C(C(=O)OC)(C(=O)OC)N1C(=O)OC. The number of hydrogen-bond acceptors (Lipinski definition) is 14. The van der Waals surface area contributed by atoms with E-state index in [4.69, 9.17) is 33.2 Å². The van der Waals surface area contributed by atoms with E-state index >= 15 is 0 Å². The first kappa shape index (κ1) is 28.9. The summed E-state index contributed by atoms with van der Waals surface area (Å²) >= 11 is 0. The van der Waals surface area contributed by atoms with Gasteiger partial charge in [-0.1, -0.05) is 6.08 Å². The van der Waals surface area contributed by atoms with Gasteiger partial charge < -0.3 is 33.2 Å². The van der Waals surface area contributed by atoms with Gasteiger partial charge in [0, 0.05) is 0 Å². The van der Waals surface area contributed by atoms with Crippen LogP contribution in [0.3, 0.4) is 0 Å². The number of nitrogens with zero attached hydrogens (tertiary/aromatic N) is 2. The van der Waals surface area contributed by atoms with Crippen LogP contribution in [0.2, 0.25) is 0 Å². The molecule has 0 aromatic carbocycles. The van der Waals surface area contributed by atoms with E-state index < -0.39 is 70.5 Å². The summed E-state index contributed by atoms with van der Waals surface area (Å²) in [5.74, 6) is -7.98. The zero-order valence-electron chi connectivity index (χ0n) is 21.1. The van der Waals surface area contributed by atoms with Crippen LogP contribution in [0.4, 0.5) is 9.59 Å². The van der Waals surface area contributed by atoms with E-state index in [0.29, 0.717) is 0 Å². The van der Waals surface area contributed by atoms with Gasteiger partial charge in [0.25, 0.3) is 5.54 Å². The van der Waals surface area contributed by atoms with E-state index in [0.717, 1.165) is 55.8 Å². The minimum atomic E-state index is -3.47. The van der Waals surface area contributed by atoms with Crippen molar-refractivity contribution in [2.24, 2.45) is 10.8 Å². The lowest BCUT2D eigenvalue weighted by molar-refractivity contribution is -0.208. The van der Waals surface area contributed by atoms with Crippen molar-refractivity contribution in [2.45, 2.75) is 18.4 Å². The maximum absolute atomic E-state index is 13.9. The molecule has 1 atom stereocenters. The Morgan fingerprint density at radius 1 is 0.622 bits per heavy atom. The lowest BCUT2D eigenvalue weighted by Crippen LogP contribution is -2.76. The molecule has 1 unspecified atom stereocenters. The van der Waals surface area contributed by atoms with Crippen molar-refractivity contribution in [1.29, 1.82) is 0 Å². The molecule has 37 heavy (non-hydrogen) atoms. The first-order chi connectivity index (χ1) is 17.5. The number of carbonyl (C=O) groups is 7. The number of hydrazine groups is 1. The Labute approximate surface area is 210 Å². The average molecular weight is 530 g/mol. The summed E-state index contributed by atoms with van der Waals surface area (Å²) < 4.78 is 33.8. The molecule has 204 valence electrons. The van der Waals surface area contributed by atoms with Crippen LogP contribution in [0.15, 0.2) is 11.8 Å². The predicted molar refractivity (Wildman–Crippen MR) is 113 cm³/mol. The molecule has 1 aliphatic carbocycles. The molecule has 0 radical (unpaired) electrons. The monoisotopic (exact) mass is 530 g/mol. The zero-order valence-corrected chi connectivity index (χ0v) is 21.1. The normalized spacial score (nSPS) is 20.9. The number of fused-ring (bicyclic) bond motifs is 1. The number of methoxy groups -OCH3 is 7. The Balaban J connectivity index is 3.47. The second-order valence-electron chi connectivity index (χ2n) is 7.52. The molecule has 0 N–H and O–H groups in total. The van der Waals surface area contributed by atoms with E-state index in [1.54, 1.807) is 0 Å².